The molecule has 0 bridgehead atoms. The van der Waals surface area contributed by atoms with Crippen LogP contribution in [0.4, 0.5) is 0 Å². The van der Waals surface area contributed by atoms with Crippen LogP contribution < -0.4 is 25.3 Å². The number of amides is 1. The first-order chi connectivity index (χ1) is 10.1. The number of rotatable bonds is 5. The van der Waals surface area contributed by atoms with Gasteiger partial charge in [-0.15, -0.1) is 0 Å². The molecule has 0 saturated heterocycles. The molecule has 21 heavy (non-hydrogen) atoms. The molecule has 2 rings (SSSR count). The summed E-state index contributed by atoms with van der Waals surface area (Å²) in [7, 11) is 4.58. The van der Waals surface area contributed by atoms with Crippen molar-refractivity contribution in [3.63, 3.8) is 0 Å². The molecular weight excluding hydrogens is 272 g/mol. The van der Waals surface area contributed by atoms with Gasteiger partial charge in [0.2, 0.25) is 0 Å². The van der Waals surface area contributed by atoms with Gasteiger partial charge in [-0.1, -0.05) is 0 Å². The summed E-state index contributed by atoms with van der Waals surface area (Å²) in [6.45, 7) is 0. The minimum Gasteiger partial charge on any atom is -0.496 e. The maximum absolute atomic E-state index is 12.5. The first-order valence-corrected chi connectivity index (χ1v) is 6.97. The summed E-state index contributed by atoms with van der Waals surface area (Å²) in [6.07, 6.45) is 2.88. The second kappa shape index (κ2) is 6.67. The molecular formula is C15H22N2O4. The van der Waals surface area contributed by atoms with Crippen molar-refractivity contribution in [2.45, 2.75) is 31.3 Å². The quantitative estimate of drug-likeness (QED) is 0.856. The van der Waals surface area contributed by atoms with Gasteiger partial charge < -0.3 is 25.3 Å². The third-order valence-electron chi connectivity index (χ3n) is 3.84. The number of hydrogen-bond donors (Lipinski definition) is 2. The van der Waals surface area contributed by atoms with Gasteiger partial charge in [-0.3, -0.25) is 4.79 Å². The zero-order valence-electron chi connectivity index (χ0n) is 12.6. The molecule has 3 N–H and O–H groups in total. The number of nitrogens with two attached hydrogens (primary N) is 1. The predicted molar refractivity (Wildman–Crippen MR) is 79.2 cm³/mol. The highest BCUT2D eigenvalue weighted by Crippen LogP contribution is 2.34. The second-order valence-electron chi connectivity index (χ2n) is 5.08. The van der Waals surface area contributed by atoms with Crippen molar-refractivity contribution in [2.24, 2.45) is 5.73 Å². The number of benzene rings is 1. The van der Waals surface area contributed by atoms with Crippen molar-refractivity contribution in [3.8, 4) is 17.2 Å². The predicted octanol–water partition coefficient (Wildman–Crippen LogP) is 1.32. The second-order valence-corrected chi connectivity index (χ2v) is 5.08. The smallest absolute Gasteiger partial charge is 0.255 e. The number of ether oxygens (including phenoxy) is 3. The van der Waals surface area contributed by atoms with Crippen molar-refractivity contribution in [1.29, 1.82) is 0 Å². The van der Waals surface area contributed by atoms with E-state index in [0.29, 0.717) is 22.8 Å². The third kappa shape index (κ3) is 3.21. The molecule has 6 nitrogen and oxygen atoms in total. The fourth-order valence-corrected chi connectivity index (χ4v) is 2.62. The maximum atomic E-state index is 12.5. The summed E-state index contributed by atoms with van der Waals surface area (Å²) < 4.78 is 15.7. The Bertz CT molecular complexity index is 519. The normalized spacial score (nSPS) is 21.0. The van der Waals surface area contributed by atoms with Crippen LogP contribution in [-0.4, -0.2) is 39.3 Å². The number of carbonyl (C=O) groups excluding carboxylic acids is 1. The minimum absolute atomic E-state index is 0.00954. The molecule has 1 fully saturated rings. The summed E-state index contributed by atoms with van der Waals surface area (Å²) in [5.74, 6) is 1.23. The molecule has 1 aromatic carbocycles. The summed E-state index contributed by atoms with van der Waals surface area (Å²) in [4.78, 5) is 12.5. The summed E-state index contributed by atoms with van der Waals surface area (Å²) in [5, 5.41) is 2.97. The molecule has 0 aliphatic heterocycles. The van der Waals surface area contributed by atoms with Crippen molar-refractivity contribution < 1.29 is 19.0 Å². The van der Waals surface area contributed by atoms with Crippen LogP contribution in [0.1, 0.15) is 29.6 Å². The Kier molecular flexibility index (Phi) is 4.90. The Morgan fingerprint density at radius 3 is 2.24 bits per heavy atom. The van der Waals surface area contributed by atoms with E-state index in [4.69, 9.17) is 19.9 Å². The van der Waals surface area contributed by atoms with Gasteiger partial charge in [0.15, 0.2) is 11.5 Å². The standard InChI is InChI=1S/C15H22N2O4/c1-19-12-8-14(21-3)13(20-2)7-9(12)15(18)17-11-6-4-5-10(11)16/h7-8,10-11H,4-6,16H2,1-3H3,(H,17,18). The number of hydrogen-bond acceptors (Lipinski definition) is 5. The molecule has 2 unspecified atom stereocenters. The van der Waals surface area contributed by atoms with Gasteiger partial charge in [0.1, 0.15) is 5.75 Å². The lowest BCUT2D eigenvalue weighted by Gasteiger charge is -2.19. The van der Waals surface area contributed by atoms with E-state index in [0.717, 1.165) is 19.3 Å². The Labute approximate surface area is 124 Å². The molecule has 1 aliphatic rings. The van der Waals surface area contributed by atoms with Gasteiger partial charge in [0.05, 0.1) is 26.9 Å². The summed E-state index contributed by atoms with van der Waals surface area (Å²) in [5.41, 5.74) is 6.40. The lowest BCUT2D eigenvalue weighted by molar-refractivity contribution is 0.0931. The van der Waals surface area contributed by atoms with Crippen LogP contribution in [-0.2, 0) is 0 Å². The number of nitrogens with one attached hydrogen (secondary N) is 1. The first-order valence-electron chi connectivity index (χ1n) is 6.97. The van der Waals surface area contributed by atoms with Crippen molar-refractivity contribution in [1.82, 2.24) is 5.32 Å². The highest BCUT2D eigenvalue weighted by molar-refractivity contribution is 5.98. The first kappa shape index (κ1) is 15.4. The average molecular weight is 294 g/mol. The van der Waals surface area contributed by atoms with Crippen LogP contribution in [0.3, 0.4) is 0 Å². The molecule has 0 aromatic heterocycles. The Morgan fingerprint density at radius 1 is 1.10 bits per heavy atom. The molecule has 0 heterocycles. The SMILES string of the molecule is COc1cc(OC)c(C(=O)NC2CCCC2N)cc1OC. The highest BCUT2D eigenvalue weighted by Gasteiger charge is 2.27. The van der Waals surface area contributed by atoms with Crippen molar-refractivity contribution in [3.05, 3.63) is 17.7 Å². The van der Waals surface area contributed by atoms with E-state index in [2.05, 4.69) is 5.32 Å². The van der Waals surface area contributed by atoms with E-state index in [1.165, 1.54) is 21.3 Å². The summed E-state index contributed by atoms with van der Waals surface area (Å²) in [6, 6.07) is 3.28. The van der Waals surface area contributed by atoms with Crippen molar-refractivity contribution in [2.75, 3.05) is 21.3 Å². The zero-order chi connectivity index (χ0) is 15.4. The monoisotopic (exact) mass is 294 g/mol. The van der Waals surface area contributed by atoms with Crippen LogP contribution >= 0.6 is 0 Å². The van der Waals surface area contributed by atoms with Gasteiger partial charge in [0, 0.05) is 24.2 Å². The molecule has 0 spiro atoms. The van der Waals surface area contributed by atoms with Crippen LogP contribution in [0.2, 0.25) is 0 Å². The minimum atomic E-state index is -0.213. The Balaban J connectivity index is 2.26. The Morgan fingerprint density at radius 2 is 1.71 bits per heavy atom. The van der Waals surface area contributed by atoms with E-state index in [-0.39, 0.29) is 18.0 Å². The van der Waals surface area contributed by atoms with Gasteiger partial charge in [-0.25, -0.2) is 0 Å². The lowest BCUT2D eigenvalue weighted by atomic mass is 10.1. The maximum Gasteiger partial charge on any atom is 0.255 e. The van der Waals surface area contributed by atoms with E-state index >= 15 is 0 Å². The fraction of sp³-hybridized carbons (Fsp3) is 0.533. The van der Waals surface area contributed by atoms with Gasteiger partial charge in [-0.2, -0.15) is 0 Å². The molecule has 2 atom stereocenters. The van der Waals surface area contributed by atoms with Gasteiger partial charge in [0.25, 0.3) is 5.91 Å². The third-order valence-corrected chi connectivity index (χ3v) is 3.84. The fourth-order valence-electron chi connectivity index (χ4n) is 2.62. The number of methoxy groups -OCH3 is 3. The topological polar surface area (TPSA) is 82.8 Å². The van der Waals surface area contributed by atoms with E-state index in [1.807, 2.05) is 0 Å². The van der Waals surface area contributed by atoms with E-state index in [9.17, 15) is 4.79 Å². The molecule has 0 radical (unpaired) electrons. The largest absolute Gasteiger partial charge is 0.496 e. The van der Waals surface area contributed by atoms with Crippen LogP contribution in [0.15, 0.2) is 12.1 Å². The molecule has 1 amide bonds. The molecule has 1 aromatic rings. The average Bonchev–Trinajstić information content (AvgIpc) is 2.90. The number of carbonyl (C=O) groups is 1. The summed E-state index contributed by atoms with van der Waals surface area (Å²) >= 11 is 0. The van der Waals surface area contributed by atoms with Crippen LogP contribution in [0.25, 0.3) is 0 Å². The van der Waals surface area contributed by atoms with Crippen molar-refractivity contribution >= 4 is 5.91 Å². The van der Waals surface area contributed by atoms with E-state index in [1.54, 1.807) is 12.1 Å². The zero-order valence-corrected chi connectivity index (χ0v) is 12.6. The van der Waals surface area contributed by atoms with Crippen LogP contribution in [0, 0.1) is 0 Å². The van der Waals surface area contributed by atoms with E-state index < -0.39 is 0 Å². The van der Waals surface area contributed by atoms with Crippen LogP contribution in [0.5, 0.6) is 17.2 Å². The van der Waals surface area contributed by atoms with Gasteiger partial charge in [-0.05, 0) is 19.3 Å². The molecule has 6 heteroatoms. The highest BCUT2D eigenvalue weighted by atomic mass is 16.5. The van der Waals surface area contributed by atoms with Gasteiger partial charge >= 0.3 is 0 Å². The molecule has 1 aliphatic carbocycles. The molecule has 1 saturated carbocycles. The molecule has 116 valence electrons. The Hall–Kier alpha value is -1.95. The lowest BCUT2D eigenvalue weighted by Crippen LogP contribution is -2.44.